The fraction of sp³-hybridized carbons (Fsp3) is 0.647. The maximum absolute atomic E-state index is 13.9. The van der Waals surface area contributed by atoms with Gasteiger partial charge in [0.05, 0.1) is 5.60 Å². The number of hydrogen-bond acceptors (Lipinski definition) is 2. The lowest BCUT2D eigenvalue weighted by atomic mass is 9.77. The Kier molecular flexibility index (Phi) is 5.81. The van der Waals surface area contributed by atoms with Gasteiger partial charge in [-0.15, -0.1) is 0 Å². The Labute approximate surface area is 135 Å². The first kappa shape index (κ1) is 16.9. The van der Waals surface area contributed by atoms with Crippen LogP contribution in [0, 0.1) is 11.7 Å². The molecule has 4 heteroatoms. The molecule has 0 radical (unpaired) electrons. The molecule has 2 nitrogen and oxygen atoms in total. The van der Waals surface area contributed by atoms with E-state index in [1.807, 2.05) is 13.0 Å². The van der Waals surface area contributed by atoms with Crippen molar-refractivity contribution in [3.05, 3.63) is 34.1 Å². The number of rotatable bonds is 5. The van der Waals surface area contributed by atoms with Gasteiger partial charge in [-0.05, 0) is 50.7 Å². The lowest BCUT2D eigenvalue weighted by molar-refractivity contribution is -0.0104. The highest BCUT2D eigenvalue weighted by Crippen LogP contribution is 2.33. The van der Waals surface area contributed by atoms with Gasteiger partial charge in [-0.25, -0.2) is 4.39 Å². The van der Waals surface area contributed by atoms with Crippen LogP contribution in [-0.4, -0.2) is 17.3 Å². The molecule has 1 aromatic carbocycles. The second-order valence-electron chi connectivity index (χ2n) is 6.34. The van der Waals surface area contributed by atoms with E-state index >= 15 is 0 Å². The average molecular weight is 358 g/mol. The van der Waals surface area contributed by atoms with Gasteiger partial charge in [0, 0.05) is 22.6 Å². The zero-order chi connectivity index (χ0) is 15.5. The molecular weight excluding hydrogens is 333 g/mol. The van der Waals surface area contributed by atoms with E-state index in [4.69, 9.17) is 0 Å². The number of hydrogen-bond donors (Lipinski definition) is 2. The molecule has 0 aromatic heterocycles. The second-order valence-corrected chi connectivity index (χ2v) is 7.26. The molecule has 1 atom stereocenters. The van der Waals surface area contributed by atoms with Gasteiger partial charge < -0.3 is 10.4 Å². The fourth-order valence-electron chi connectivity index (χ4n) is 3.11. The number of benzene rings is 1. The summed E-state index contributed by atoms with van der Waals surface area (Å²) < 4.78 is 14.7. The van der Waals surface area contributed by atoms with Crippen molar-refractivity contribution < 1.29 is 9.50 Å². The normalized spacial score (nSPS) is 27.6. The van der Waals surface area contributed by atoms with Crippen molar-refractivity contribution in [2.75, 3.05) is 6.54 Å². The van der Waals surface area contributed by atoms with Crippen LogP contribution in [0.25, 0.3) is 0 Å². The van der Waals surface area contributed by atoms with Gasteiger partial charge in [0.25, 0.3) is 0 Å². The molecule has 1 saturated carbocycles. The van der Waals surface area contributed by atoms with Crippen molar-refractivity contribution in [1.29, 1.82) is 0 Å². The molecule has 2 N–H and O–H groups in total. The third-order valence-electron chi connectivity index (χ3n) is 4.78. The highest BCUT2D eigenvalue weighted by Gasteiger charge is 2.32. The van der Waals surface area contributed by atoms with Gasteiger partial charge in [-0.2, -0.15) is 0 Å². The zero-order valence-corrected chi connectivity index (χ0v) is 14.4. The highest BCUT2D eigenvalue weighted by atomic mass is 79.9. The molecule has 118 valence electrons. The molecular formula is C17H25BrFNO. The molecule has 0 aliphatic heterocycles. The topological polar surface area (TPSA) is 32.3 Å². The molecule has 0 saturated heterocycles. The first-order valence-electron chi connectivity index (χ1n) is 7.84. The highest BCUT2D eigenvalue weighted by molar-refractivity contribution is 9.10. The quantitative estimate of drug-likeness (QED) is 0.808. The van der Waals surface area contributed by atoms with Crippen molar-refractivity contribution in [2.45, 2.75) is 57.6 Å². The van der Waals surface area contributed by atoms with Crippen molar-refractivity contribution in [3.63, 3.8) is 0 Å². The van der Waals surface area contributed by atoms with Gasteiger partial charge in [-0.3, -0.25) is 0 Å². The minimum absolute atomic E-state index is 0.106. The van der Waals surface area contributed by atoms with E-state index in [2.05, 4.69) is 28.2 Å². The minimum Gasteiger partial charge on any atom is -0.389 e. The third kappa shape index (κ3) is 4.51. The first-order chi connectivity index (χ1) is 9.93. The summed E-state index contributed by atoms with van der Waals surface area (Å²) in [7, 11) is 0. The predicted octanol–water partition coefficient (Wildman–Crippen LogP) is 4.57. The Morgan fingerprint density at radius 3 is 2.67 bits per heavy atom. The maximum Gasteiger partial charge on any atom is 0.129 e. The van der Waals surface area contributed by atoms with Gasteiger partial charge in [-0.1, -0.05) is 35.3 Å². The van der Waals surface area contributed by atoms with Gasteiger partial charge >= 0.3 is 0 Å². The Bertz CT molecular complexity index is 472. The minimum atomic E-state index is -0.633. The van der Waals surface area contributed by atoms with E-state index in [1.165, 1.54) is 12.5 Å². The fourth-order valence-corrected chi connectivity index (χ4v) is 3.44. The van der Waals surface area contributed by atoms with Gasteiger partial charge in [0.15, 0.2) is 0 Å². The third-order valence-corrected chi connectivity index (χ3v) is 5.27. The van der Waals surface area contributed by atoms with E-state index in [-0.39, 0.29) is 11.9 Å². The molecule has 0 heterocycles. The second kappa shape index (κ2) is 7.21. The molecule has 0 spiro atoms. The summed E-state index contributed by atoms with van der Waals surface area (Å²) in [6.07, 6.45) is 5.07. The van der Waals surface area contributed by atoms with Crippen LogP contribution in [-0.2, 0) is 0 Å². The Morgan fingerprint density at radius 1 is 1.43 bits per heavy atom. The predicted molar refractivity (Wildman–Crippen MR) is 87.7 cm³/mol. The molecule has 0 bridgehead atoms. The van der Waals surface area contributed by atoms with E-state index in [0.717, 1.165) is 36.1 Å². The molecule has 1 aliphatic carbocycles. The van der Waals surface area contributed by atoms with Crippen LogP contribution in [0.5, 0.6) is 0 Å². The number of aliphatic hydroxyl groups is 1. The smallest absolute Gasteiger partial charge is 0.129 e. The van der Waals surface area contributed by atoms with Crippen LogP contribution >= 0.6 is 15.9 Å². The van der Waals surface area contributed by atoms with Crippen molar-refractivity contribution in [3.8, 4) is 0 Å². The van der Waals surface area contributed by atoms with Gasteiger partial charge in [0.2, 0.25) is 0 Å². The van der Waals surface area contributed by atoms with Crippen LogP contribution in [0.2, 0.25) is 0 Å². The molecule has 1 fully saturated rings. The Hall–Kier alpha value is -0.450. The molecule has 0 amide bonds. The van der Waals surface area contributed by atoms with Crippen LogP contribution in [0.1, 0.15) is 57.6 Å². The maximum atomic E-state index is 13.9. The largest absolute Gasteiger partial charge is 0.389 e. The molecule has 21 heavy (non-hydrogen) atoms. The average Bonchev–Trinajstić information content (AvgIpc) is 2.46. The Morgan fingerprint density at radius 2 is 2.10 bits per heavy atom. The van der Waals surface area contributed by atoms with Crippen molar-refractivity contribution >= 4 is 15.9 Å². The molecule has 1 aromatic rings. The lowest BCUT2D eigenvalue weighted by Gasteiger charge is -2.36. The molecule has 1 unspecified atom stereocenters. The van der Waals surface area contributed by atoms with E-state index < -0.39 is 5.60 Å². The van der Waals surface area contributed by atoms with Crippen molar-refractivity contribution in [2.24, 2.45) is 5.92 Å². The van der Waals surface area contributed by atoms with Crippen LogP contribution in [0.15, 0.2) is 22.7 Å². The first-order valence-corrected chi connectivity index (χ1v) is 8.63. The standard InChI is InChI=1S/C17H25BrFNO/c1-3-13-6-8-17(21,9-7-13)11-20-12(2)15-5-4-14(18)10-16(15)19/h4-5,10,12-13,20-21H,3,6-9,11H2,1-2H3. The summed E-state index contributed by atoms with van der Waals surface area (Å²) in [6.45, 7) is 4.68. The van der Waals surface area contributed by atoms with Crippen LogP contribution in [0.4, 0.5) is 4.39 Å². The summed E-state index contributed by atoms with van der Waals surface area (Å²) in [5.74, 6) is 0.540. The Balaban J connectivity index is 1.90. The van der Waals surface area contributed by atoms with Crippen LogP contribution < -0.4 is 5.32 Å². The number of halogens is 2. The summed E-state index contributed by atoms with van der Waals surface area (Å²) in [4.78, 5) is 0. The summed E-state index contributed by atoms with van der Waals surface area (Å²) in [5.41, 5.74) is 0.00947. The summed E-state index contributed by atoms with van der Waals surface area (Å²) in [6, 6.07) is 5.01. The summed E-state index contributed by atoms with van der Waals surface area (Å²) in [5, 5.41) is 13.9. The molecule has 2 rings (SSSR count). The summed E-state index contributed by atoms with van der Waals surface area (Å²) >= 11 is 3.27. The lowest BCUT2D eigenvalue weighted by Crippen LogP contribution is -2.44. The van der Waals surface area contributed by atoms with Crippen molar-refractivity contribution in [1.82, 2.24) is 5.32 Å². The van der Waals surface area contributed by atoms with E-state index in [1.54, 1.807) is 6.07 Å². The van der Waals surface area contributed by atoms with E-state index in [9.17, 15) is 9.50 Å². The zero-order valence-electron chi connectivity index (χ0n) is 12.8. The molecule has 1 aliphatic rings. The SMILES string of the molecule is CCC1CCC(O)(CNC(C)c2ccc(Br)cc2F)CC1. The van der Waals surface area contributed by atoms with Crippen LogP contribution in [0.3, 0.4) is 0 Å². The van der Waals surface area contributed by atoms with Gasteiger partial charge in [0.1, 0.15) is 5.82 Å². The number of nitrogens with one attached hydrogen (secondary N) is 1. The van der Waals surface area contributed by atoms with E-state index in [0.29, 0.717) is 12.1 Å². The monoisotopic (exact) mass is 357 g/mol.